The van der Waals surface area contributed by atoms with Gasteiger partial charge >= 0.3 is 0 Å². The van der Waals surface area contributed by atoms with E-state index >= 15 is 0 Å². The summed E-state index contributed by atoms with van der Waals surface area (Å²) in [5.74, 6) is 22.4. The maximum Gasteiger partial charge on any atom is 0.123 e. The van der Waals surface area contributed by atoms with Gasteiger partial charge in [0.1, 0.15) is 5.75 Å². The molecule has 0 bridgehead atoms. The molecule has 16 unspecified atom stereocenters. The van der Waals surface area contributed by atoms with E-state index in [1.807, 2.05) is 0 Å². The Kier molecular flexibility index (Phi) is 1.18. The van der Waals surface area contributed by atoms with Crippen LogP contribution in [0.1, 0.15) is 5.56 Å². The molecule has 138 valence electrons. The van der Waals surface area contributed by atoms with Crippen LogP contribution in [0.5, 0.6) is 5.75 Å². The van der Waals surface area contributed by atoms with E-state index in [0.717, 1.165) is 42.1 Å². The van der Waals surface area contributed by atoms with Crippen LogP contribution in [0.2, 0.25) is 0 Å². The van der Waals surface area contributed by atoms with Gasteiger partial charge in [-0.05, 0) is 113 Å². The van der Waals surface area contributed by atoms with Crippen molar-refractivity contribution in [1.82, 2.24) is 0 Å². The Balaban J connectivity index is 1.33. The Labute approximate surface area is 164 Å². The highest BCUT2D eigenvalue weighted by molar-refractivity contribution is 5.60. The Morgan fingerprint density at radius 2 is 1.07 bits per heavy atom. The lowest BCUT2D eigenvalue weighted by Gasteiger charge is -2.52. The Morgan fingerprint density at radius 3 is 1.71 bits per heavy atom. The molecule has 1 aromatic carbocycles. The monoisotopic (exact) mass is 364 g/mol. The third-order valence-corrected chi connectivity index (χ3v) is 15.7. The van der Waals surface area contributed by atoms with Gasteiger partial charge in [-0.3, -0.25) is 0 Å². The molecule has 16 atom stereocenters. The number of hydrogen-bond acceptors (Lipinski definition) is 1. The van der Waals surface area contributed by atoms with Crippen molar-refractivity contribution in [1.29, 1.82) is 0 Å². The van der Waals surface area contributed by atoms with Gasteiger partial charge < -0.3 is 4.74 Å². The van der Waals surface area contributed by atoms with E-state index in [1.54, 1.807) is 5.56 Å². The molecule has 1 aromatic rings. The summed E-state index contributed by atoms with van der Waals surface area (Å²) in [6, 6.07) is 9.55. The Hall–Kier alpha value is -0.980. The number of para-hydroxylation sites is 1. The zero-order valence-corrected chi connectivity index (χ0v) is 15.8. The van der Waals surface area contributed by atoms with Crippen LogP contribution in [0, 0.1) is 112 Å². The summed E-state index contributed by atoms with van der Waals surface area (Å²) >= 11 is 0. The standard InChI is InChI=1S/C27H24O/c1-2-4-7-6(3-1)27-24-18-12-9-8-10-14(12)20(24)22-16(10)17-11(8)15-13(9)19(18)25(27)21(15)23(17)26(22,27)5-28-7/h1-4,8-25H,5H2. The van der Waals surface area contributed by atoms with Crippen LogP contribution in [0.15, 0.2) is 24.3 Å². The van der Waals surface area contributed by atoms with Crippen LogP contribution in [-0.4, -0.2) is 6.61 Å². The molecule has 0 aromatic heterocycles. The van der Waals surface area contributed by atoms with Crippen LogP contribution >= 0.6 is 0 Å². The molecule has 1 nitrogen and oxygen atoms in total. The first kappa shape index (κ1) is 12.0. The van der Waals surface area contributed by atoms with E-state index in [1.165, 1.54) is 76.8 Å². The minimum absolute atomic E-state index is 0.583. The summed E-state index contributed by atoms with van der Waals surface area (Å²) in [4.78, 5) is 0. The average molecular weight is 364 g/mol. The van der Waals surface area contributed by atoms with Gasteiger partial charge in [0.05, 0.1) is 6.61 Å². The maximum absolute atomic E-state index is 6.79. The van der Waals surface area contributed by atoms with E-state index in [-0.39, 0.29) is 0 Å². The Morgan fingerprint density at radius 1 is 0.571 bits per heavy atom. The second-order valence-corrected chi connectivity index (χ2v) is 13.9. The van der Waals surface area contributed by atoms with Gasteiger partial charge in [-0.1, -0.05) is 18.2 Å². The van der Waals surface area contributed by atoms with Crippen molar-refractivity contribution < 1.29 is 4.74 Å². The van der Waals surface area contributed by atoms with Gasteiger partial charge in [-0.2, -0.15) is 0 Å². The minimum Gasteiger partial charge on any atom is -0.493 e. The molecule has 13 aliphatic rings. The normalized spacial score (nSPS) is 87.0. The lowest BCUT2D eigenvalue weighted by molar-refractivity contribution is -0.0134. The van der Waals surface area contributed by atoms with Gasteiger partial charge in [0.2, 0.25) is 0 Å². The summed E-state index contributed by atoms with van der Waals surface area (Å²) in [5, 5.41) is 0. The highest BCUT2D eigenvalue weighted by Crippen LogP contribution is 3.06. The molecule has 0 N–H and O–H groups in total. The SMILES string of the molecule is c1ccc2c(c1)OCC13C4C5C6C7C8C9C6C4C4C9C6C8C8C7C5C1C8C6C243. The lowest BCUT2D eigenvalue weighted by Crippen LogP contribution is -2.54. The van der Waals surface area contributed by atoms with Gasteiger partial charge in [0.25, 0.3) is 0 Å². The number of fused-ring (bicyclic) bond motifs is 1. The van der Waals surface area contributed by atoms with Gasteiger partial charge in [-0.25, -0.2) is 0 Å². The zero-order valence-electron chi connectivity index (χ0n) is 15.8. The molecule has 1 heteroatoms. The predicted octanol–water partition coefficient (Wildman–Crippen LogP) is 3.54. The molecule has 14 rings (SSSR count). The molecule has 1 heterocycles. The summed E-state index contributed by atoms with van der Waals surface area (Å²) in [7, 11) is 0. The second kappa shape index (κ2) is 2.75. The molecule has 28 heavy (non-hydrogen) atoms. The van der Waals surface area contributed by atoms with E-state index in [9.17, 15) is 0 Å². The molecular weight excluding hydrogens is 340 g/mol. The molecule has 0 saturated heterocycles. The van der Waals surface area contributed by atoms with Gasteiger partial charge in [-0.15, -0.1) is 0 Å². The van der Waals surface area contributed by atoms with Crippen molar-refractivity contribution in [2.24, 2.45) is 112 Å². The van der Waals surface area contributed by atoms with E-state index < -0.39 is 0 Å². The van der Waals surface area contributed by atoms with Crippen LogP contribution in [0.25, 0.3) is 0 Å². The quantitative estimate of drug-likeness (QED) is 0.684. The molecule has 12 aliphatic carbocycles. The highest BCUT2D eigenvalue weighted by atomic mass is 16.5. The average Bonchev–Trinajstić information content (AvgIpc) is 3.44. The first-order chi connectivity index (χ1) is 13.9. The fourth-order valence-electron chi connectivity index (χ4n) is 17.8. The van der Waals surface area contributed by atoms with Gasteiger partial charge in [0, 0.05) is 16.4 Å². The van der Waals surface area contributed by atoms with E-state index in [2.05, 4.69) is 24.3 Å². The third-order valence-electron chi connectivity index (χ3n) is 15.7. The lowest BCUT2D eigenvalue weighted by atomic mass is 9.54. The molecule has 12 fully saturated rings. The number of hydrogen-bond donors (Lipinski definition) is 0. The van der Waals surface area contributed by atoms with E-state index in [4.69, 9.17) is 4.74 Å². The Bertz CT molecular complexity index is 1090. The van der Waals surface area contributed by atoms with Crippen molar-refractivity contribution in [3.05, 3.63) is 29.8 Å². The van der Waals surface area contributed by atoms with Crippen LogP contribution in [0.3, 0.4) is 0 Å². The fraction of sp³-hybridized carbons (Fsp3) is 0.778. The maximum atomic E-state index is 6.79. The molecule has 2 spiro atoms. The molecule has 0 amide bonds. The second-order valence-electron chi connectivity index (χ2n) is 13.9. The summed E-state index contributed by atoms with van der Waals surface area (Å²) < 4.78 is 6.79. The summed E-state index contributed by atoms with van der Waals surface area (Å²) in [6.07, 6.45) is 0. The smallest absolute Gasteiger partial charge is 0.123 e. The van der Waals surface area contributed by atoms with Crippen LogP contribution < -0.4 is 4.74 Å². The minimum atomic E-state index is 0.583. The largest absolute Gasteiger partial charge is 0.493 e. The fourth-order valence-corrected chi connectivity index (χ4v) is 17.8. The highest BCUT2D eigenvalue weighted by Gasteiger charge is 3.05. The number of benzene rings is 1. The van der Waals surface area contributed by atoms with Crippen molar-refractivity contribution in [2.45, 2.75) is 5.41 Å². The van der Waals surface area contributed by atoms with Crippen molar-refractivity contribution in [3.63, 3.8) is 0 Å². The van der Waals surface area contributed by atoms with Gasteiger partial charge in [0.15, 0.2) is 0 Å². The van der Waals surface area contributed by atoms with Crippen molar-refractivity contribution in [3.8, 4) is 5.75 Å². The van der Waals surface area contributed by atoms with Crippen LogP contribution in [0.4, 0.5) is 0 Å². The third kappa shape index (κ3) is 0.601. The molecule has 1 aliphatic heterocycles. The van der Waals surface area contributed by atoms with E-state index in [0.29, 0.717) is 10.8 Å². The topological polar surface area (TPSA) is 9.23 Å². The zero-order chi connectivity index (χ0) is 16.8. The number of rotatable bonds is 0. The molecular formula is C27H24O. The molecule has 12 saturated carbocycles. The predicted molar refractivity (Wildman–Crippen MR) is 98.9 cm³/mol. The van der Waals surface area contributed by atoms with Crippen molar-refractivity contribution >= 4 is 0 Å². The van der Waals surface area contributed by atoms with Crippen molar-refractivity contribution in [2.75, 3.05) is 6.61 Å². The molecule has 0 radical (unpaired) electrons. The summed E-state index contributed by atoms with van der Waals surface area (Å²) in [6.45, 7) is 1.13. The first-order valence-corrected chi connectivity index (χ1v) is 12.7. The first-order valence-electron chi connectivity index (χ1n) is 12.7. The summed E-state index contributed by atoms with van der Waals surface area (Å²) in [5.41, 5.74) is 2.94. The van der Waals surface area contributed by atoms with Crippen LogP contribution in [-0.2, 0) is 5.41 Å². The number of ether oxygens (including phenoxy) is 1.